The molecule has 37 heavy (non-hydrogen) atoms. The average molecular weight is 538 g/mol. The van der Waals surface area contributed by atoms with Gasteiger partial charge < -0.3 is 9.88 Å². The molecular weight excluding hydrogens is 520 g/mol. The van der Waals surface area contributed by atoms with Gasteiger partial charge in [-0.2, -0.15) is 26.3 Å². The van der Waals surface area contributed by atoms with Crippen molar-refractivity contribution in [2.75, 3.05) is 5.32 Å². The van der Waals surface area contributed by atoms with Crippen molar-refractivity contribution < 1.29 is 26.3 Å². The fourth-order valence-electron chi connectivity index (χ4n) is 3.81. The van der Waals surface area contributed by atoms with Gasteiger partial charge in [0.05, 0.1) is 17.1 Å². The van der Waals surface area contributed by atoms with Crippen LogP contribution in [0.5, 0.6) is 0 Å². The molecule has 0 saturated carbocycles. The molecule has 0 aliphatic rings. The van der Waals surface area contributed by atoms with Gasteiger partial charge in [0.15, 0.2) is 0 Å². The van der Waals surface area contributed by atoms with Crippen LogP contribution in [0.1, 0.15) is 22.4 Å². The van der Waals surface area contributed by atoms with E-state index >= 15 is 0 Å². The molecule has 2 aromatic heterocycles. The van der Waals surface area contributed by atoms with E-state index in [1.165, 1.54) is 29.0 Å². The summed E-state index contributed by atoms with van der Waals surface area (Å²) in [6.07, 6.45) is -6.49. The predicted molar refractivity (Wildman–Crippen MR) is 129 cm³/mol. The zero-order valence-electron chi connectivity index (χ0n) is 18.9. The summed E-state index contributed by atoms with van der Waals surface area (Å²) in [6, 6.07) is 12.3. The number of nitrogens with zero attached hydrogens (tertiary/aromatic N) is 2. The zero-order valence-corrected chi connectivity index (χ0v) is 19.7. The lowest BCUT2D eigenvalue weighted by molar-refractivity contribution is -0.141. The molecule has 0 amide bonds. The van der Waals surface area contributed by atoms with Crippen LogP contribution in [0.25, 0.3) is 10.8 Å². The maximum atomic E-state index is 13.2. The Morgan fingerprint density at radius 3 is 2.32 bits per heavy atom. The molecule has 0 saturated heterocycles. The lowest BCUT2D eigenvalue weighted by atomic mass is 10.1. The Labute approximate surface area is 211 Å². The third kappa shape index (κ3) is 5.96. The van der Waals surface area contributed by atoms with Crippen LogP contribution < -0.4 is 10.9 Å². The Bertz CT molecular complexity index is 1530. The summed E-state index contributed by atoms with van der Waals surface area (Å²) < 4.78 is 79.0. The van der Waals surface area contributed by atoms with E-state index in [2.05, 4.69) is 16.9 Å². The molecule has 0 radical (unpaired) electrons. The Kier molecular flexibility index (Phi) is 7.05. The van der Waals surface area contributed by atoms with Crippen LogP contribution in [0, 0.1) is 0 Å². The number of rotatable bonds is 6. The summed E-state index contributed by atoms with van der Waals surface area (Å²) in [4.78, 5) is 16.5. The van der Waals surface area contributed by atoms with Gasteiger partial charge in [0.2, 0.25) is 0 Å². The number of halogens is 7. The van der Waals surface area contributed by atoms with Crippen molar-refractivity contribution in [2.24, 2.45) is 0 Å². The maximum Gasteiger partial charge on any atom is 0.433 e. The third-order valence-corrected chi connectivity index (χ3v) is 5.88. The van der Waals surface area contributed by atoms with E-state index in [1.54, 1.807) is 24.3 Å². The molecule has 0 unspecified atom stereocenters. The van der Waals surface area contributed by atoms with Crippen molar-refractivity contribution in [1.82, 2.24) is 9.55 Å². The van der Waals surface area contributed by atoms with Gasteiger partial charge in [0.1, 0.15) is 5.69 Å². The lowest BCUT2D eigenvalue weighted by Crippen LogP contribution is -2.20. The van der Waals surface area contributed by atoms with Crippen LogP contribution >= 0.6 is 11.6 Å². The first-order valence-electron chi connectivity index (χ1n) is 10.8. The van der Waals surface area contributed by atoms with Gasteiger partial charge >= 0.3 is 12.4 Å². The normalized spacial score (nSPS) is 12.1. The topological polar surface area (TPSA) is 46.9 Å². The second kappa shape index (κ2) is 9.93. The van der Waals surface area contributed by atoms with Gasteiger partial charge in [-0.3, -0.25) is 9.78 Å². The number of alkyl halides is 6. The summed E-state index contributed by atoms with van der Waals surface area (Å²) in [5.41, 5.74) is -0.657. The van der Waals surface area contributed by atoms with Gasteiger partial charge in [0, 0.05) is 41.0 Å². The van der Waals surface area contributed by atoms with Crippen LogP contribution in [-0.4, -0.2) is 9.55 Å². The summed E-state index contributed by atoms with van der Waals surface area (Å²) in [7, 11) is 0. The highest BCUT2D eigenvalue weighted by molar-refractivity contribution is 6.31. The number of benzene rings is 2. The van der Waals surface area contributed by atoms with E-state index < -0.39 is 28.6 Å². The maximum absolute atomic E-state index is 13.2. The summed E-state index contributed by atoms with van der Waals surface area (Å²) in [6.45, 7) is 3.91. The number of nitrogens with one attached hydrogen (secondary N) is 1. The molecule has 0 fully saturated rings. The molecule has 0 aliphatic carbocycles. The minimum absolute atomic E-state index is 0.0163. The quantitative estimate of drug-likeness (QED) is 0.262. The number of aromatic nitrogens is 2. The van der Waals surface area contributed by atoms with Crippen molar-refractivity contribution >= 4 is 28.1 Å². The van der Waals surface area contributed by atoms with E-state index in [9.17, 15) is 31.1 Å². The first-order chi connectivity index (χ1) is 17.3. The highest BCUT2D eigenvalue weighted by atomic mass is 35.5. The number of hydrogen-bond donors (Lipinski definition) is 1. The largest absolute Gasteiger partial charge is 0.433 e. The second-order valence-corrected chi connectivity index (χ2v) is 8.69. The van der Waals surface area contributed by atoms with Gasteiger partial charge in [-0.1, -0.05) is 36.4 Å². The molecule has 0 bridgehead atoms. The Balaban J connectivity index is 1.55. The Hall–Kier alpha value is -3.79. The van der Waals surface area contributed by atoms with Crippen molar-refractivity contribution in [2.45, 2.75) is 25.3 Å². The minimum Gasteiger partial charge on any atom is -0.359 e. The molecule has 11 heteroatoms. The highest BCUT2D eigenvalue weighted by Crippen LogP contribution is 2.35. The molecule has 192 valence electrons. The number of fused-ring (bicyclic) bond motifs is 1. The second-order valence-electron chi connectivity index (χ2n) is 8.28. The van der Waals surface area contributed by atoms with E-state index in [4.69, 9.17) is 11.6 Å². The molecule has 4 aromatic rings. The molecule has 4 nitrogen and oxygen atoms in total. The SMILES string of the molecule is C=C(Cc1ccc(Cl)c(C(F)(F)F)c1)Nc1cccc2c(=O)n(Cc3ccc(C(F)(F)F)nc3)ccc12. The Morgan fingerprint density at radius 1 is 0.946 bits per heavy atom. The molecule has 0 aliphatic heterocycles. The molecule has 1 N–H and O–H groups in total. The standard InChI is InChI=1S/C26H18ClF6N3O/c1-15(11-16-5-7-21(27)20(12-16)25(28,29)30)35-22-4-2-3-19-18(22)9-10-36(24(19)37)14-17-6-8-23(34-13-17)26(31,32)33/h2-10,12-13,35H,1,11,14H2. The monoisotopic (exact) mass is 537 g/mol. The molecule has 2 aromatic carbocycles. The number of anilines is 1. The van der Waals surface area contributed by atoms with Gasteiger partial charge in [-0.25, -0.2) is 0 Å². The van der Waals surface area contributed by atoms with E-state index in [-0.39, 0.29) is 18.5 Å². The van der Waals surface area contributed by atoms with Crippen LogP contribution in [0.2, 0.25) is 5.02 Å². The first-order valence-corrected chi connectivity index (χ1v) is 11.2. The average Bonchev–Trinajstić information content (AvgIpc) is 2.81. The Morgan fingerprint density at radius 2 is 1.68 bits per heavy atom. The van der Waals surface area contributed by atoms with Crippen LogP contribution in [-0.2, 0) is 25.3 Å². The first kappa shape index (κ1) is 26.3. The fraction of sp³-hybridized carbons (Fsp3) is 0.154. The summed E-state index contributed by atoms with van der Waals surface area (Å²) in [5.74, 6) is 0. The van der Waals surface area contributed by atoms with Crippen molar-refractivity contribution in [3.05, 3.63) is 117 Å². The summed E-state index contributed by atoms with van der Waals surface area (Å²) >= 11 is 5.68. The van der Waals surface area contributed by atoms with Crippen LogP contribution in [0.15, 0.2) is 84.1 Å². The predicted octanol–water partition coefficient (Wildman–Crippen LogP) is 7.30. The van der Waals surface area contributed by atoms with E-state index in [1.807, 2.05) is 0 Å². The van der Waals surface area contributed by atoms with E-state index in [0.29, 0.717) is 33.3 Å². The fourth-order valence-corrected chi connectivity index (χ4v) is 4.04. The zero-order chi connectivity index (χ0) is 27.0. The molecule has 2 heterocycles. The molecular formula is C26H18ClF6N3O. The van der Waals surface area contributed by atoms with Crippen molar-refractivity contribution in [3.63, 3.8) is 0 Å². The van der Waals surface area contributed by atoms with Crippen LogP contribution in [0.3, 0.4) is 0 Å². The minimum atomic E-state index is -4.59. The number of hydrogen-bond acceptors (Lipinski definition) is 3. The number of allylic oxidation sites excluding steroid dienone is 1. The van der Waals surface area contributed by atoms with Crippen LogP contribution in [0.4, 0.5) is 32.0 Å². The van der Waals surface area contributed by atoms with Gasteiger partial charge in [-0.05, 0) is 47.5 Å². The van der Waals surface area contributed by atoms with Crippen molar-refractivity contribution in [1.29, 1.82) is 0 Å². The molecule has 4 rings (SSSR count). The number of pyridine rings is 2. The molecule has 0 spiro atoms. The third-order valence-electron chi connectivity index (χ3n) is 5.55. The highest BCUT2D eigenvalue weighted by Gasteiger charge is 2.33. The summed E-state index contributed by atoms with van der Waals surface area (Å²) in [5, 5.41) is 3.54. The smallest absolute Gasteiger partial charge is 0.359 e. The van der Waals surface area contributed by atoms with Gasteiger partial charge in [-0.15, -0.1) is 0 Å². The van der Waals surface area contributed by atoms with E-state index in [0.717, 1.165) is 18.3 Å². The van der Waals surface area contributed by atoms with Crippen molar-refractivity contribution in [3.8, 4) is 0 Å². The lowest BCUT2D eigenvalue weighted by Gasteiger charge is -2.15. The molecule has 0 atom stereocenters. The van der Waals surface area contributed by atoms with Gasteiger partial charge in [0.25, 0.3) is 5.56 Å².